The van der Waals surface area contributed by atoms with E-state index in [4.69, 9.17) is 4.74 Å². The van der Waals surface area contributed by atoms with Crippen LogP contribution in [0.2, 0.25) is 0 Å². The maximum Gasteiger partial charge on any atom is 0.302 e. The first-order valence-corrected chi connectivity index (χ1v) is 12.3. The van der Waals surface area contributed by atoms with Crippen LogP contribution in [0.3, 0.4) is 0 Å². The number of aliphatic carboxylic acids is 1. The highest BCUT2D eigenvalue weighted by Gasteiger charge is 2.63. The molecule has 0 radical (unpaired) electrons. The van der Waals surface area contributed by atoms with Gasteiger partial charge >= 0.3 is 5.97 Å². The highest BCUT2D eigenvalue weighted by molar-refractivity contribution is 5.66. The van der Waals surface area contributed by atoms with Crippen molar-refractivity contribution in [1.29, 1.82) is 0 Å². The number of carboxylic acid groups (broad SMARTS) is 1. The number of nitrogens with one attached hydrogen (secondary N) is 1. The Morgan fingerprint density at radius 3 is 2.47 bits per heavy atom. The van der Waals surface area contributed by atoms with Gasteiger partial charge in [-0.2, -0.15) is 0 Å². The average Bonchev–Trinajstić information content (AvgIpc) is 2.65. The van der Waals surface area contributed by atoms with Crippen molar-refractivity contribution >= 4 is 11.9 Å². The van der Waals surface area contributed by atoms with Crippen LogP contribution in [0, 0.1) is 39.9 Å². The van der Waals surface area contributed by atoms with Crippen LogP contribution >= 0.6 is 0 Å². The summed E-state index contributed by atoms with van der Waals surface area (Å²) in [6.45, 7) is 11.7. The Morgan fingerprint density at radius 2 is 1.77 bits per heavy atom. The second-order valence-electron chi connectivity index (χ2n) is 11.9. The highest BCUT2D eigenvalue weighted by Crippen LogP contribution is 2.69. The molecule has 4 fully saturated rings. The zero-order chi connectivity index (χ0) is 21.7. The fraction of sp³-hybridized carbons (Fsp3) is 0.920. The molecule has 4 aliphatic rings. The first kappa shape index (κ1) is 22.1. The first-order chi connectivity index (χ1) is 14.1. The second-order valence-corrected chi connectivity index (χ2v) is 11.9. The summed E-state index contributed by atoms with van der Waals surface area (Å²) in [5.74, 6) is 1.66. The monoisotopic (exact) mass is 419 g/mol. The second kappa shape index (κ2) is 7.79. The van der Waals surface area contributed by atoms with Crippen molar-refractivity contribution in [2.45, 2.75) is 79.1 Å². The van der Waals surface area contributed by atoms with Crippen LogP contribution in [0.4, 0.5) is 0 Å². The van der Waals surface area contributed by atoms with Gasteiger partial charge in [0, 0.05) is 24.7 Å². The van der Waals surface area contributed by atoms with Gasteiger partial charge in [-0.3, -0.25) is 4.79 Å². The molecular formula is C25H41NO4. The number of piperidine rings is 1. The number of rotatable bonds is 4. The number of quaternary nitrogens is 1. The van der Waals surface area contributed by atoms with Gasteiger partial charge in [-0.1, -0.05) is 27.2 Å². The molecular weight excluding hydrogens is 378 g/mol. The number of carbonyl (C=O) groups is 2. The number of hydrogen-bond donors (Lipinski definition) is 1. The fourth-order valence-corrected chi connectivity index (χ4v) is 9.17. The molecule has 3 saturated carbocycles. The van der Waals surface area contributed by atoms with Crippen molar-refractivity contribution in [3.05, 3.63) is 0 Å². The Morgan fingerprint density at radius 1 is 1.00 bits per heavy atom. The SMILES string of the molecule is CC(=O)OCC1(C)CCCC2(C)C1CCC1(C)C3CC[NH+](CC(=O)[O-])CC3CCC12. The van der Waals surface area contributed by atoms with Gasteiger partial charge in [0.15, 0.2) is 0 Å². The van der Waals surface area contributed by atoms with Crippen molar-refractivity contribution in [1.82, 2.24) is 0 Å². The van der Waals surface area contributed by atoms with Gasteiger partial charge in [-0.25, -0.2) is 0 Å². The van der Waals surface area contributed by atoms with E-state index in [1.54, 1.807) is 0 Å². The minimum absolute atomic E-state index is 0.0961. The molecule has 8 unspecified atom stereocenters. The van der Waals surface area contributed by atoms with Crippen molar-refractivity contribution < 1.29 is 24.3 Å². The third-order valence-electron chi connectivity index (χ3n) is 10.3. The Hall–Kier alpha value is -1.10. The molecule has 5 nitrogen and oxygen atoms in total. The number of fused-ring (bicyclic) bond motifs is 5. The molecule has 1 heterocycles. The van der Waals surface area contributed by atoms with Gasteiger partial charge in [-0.15, -0.1) is 0 Å². The molecule has 30 heavy (non-hydrogen) atoms. The Kier molecular flexibility index (Phi) is 5.74. The molecule has 0 aromatic heterocycles. The third kappa shape index (κ3) is 3.59. The summed E-state index contributed by atoms with van der Waals surface area (Å²) in [6.07, 6.45) is 9.87. The molecule has 0 aromatic carbocycles. The molecule has 3 aliphatic carbocycles. The van der Waals surface area contributed by atoms with E-state index in [9.17, 15) is 14.7 Å². The quantitative estimate of drug-likeness (QED) is 0.706. The summed E-state index contributed by atoms with van der Waals surface area (Å²) in [5, 5.41) is 11.1. The van der Waals surface area contributed by atoms with E-state index in [-0.39, 0.29) is 17.9 Å². The summed E-state index contributed by atoms with van der Waals surface area (Å²) in [4.78, 5) is 23.9. The summed E-state index contributed by atoms with van der Waals surface area (Å²) in [5.41, 5.74) is 0.778. The molecule has 1 aliphatic heterocycles. The number of esters is 1. The van der Waals surface area contributed by atoms with E-state index in [1.807, 2.05) is 0 Å². The van der Waals surface area contributed by atoms with Gasteiger partial charge in [-0.05, 0) is 67.1 Å². The minimum Gasteiger partial charge on any atom is -0.544 e. The zero-order valence-electron chi connectivity index (χ0n) is 19.4. The lowest BCUT2D eigenvalue weighted by molar-refractivity contribution is -0.905. The average molecular weight is 420 g/mol. The molecule has 4 rings (SSSR count). The lowest BCUT2D eigenvalue weighted by Gasteiger charge is -2.67. The van der Waals surface area contributed by atoms with E-state index < -0.39 is 5.97 Å². The molecule has 8 atom stereocenters. The van der Waals surface area contributed by atoms with Crippen LogP contribution in [0.25, 0.3) is 0 Å². The summed E-state index contributed by atoms with van der Waals surface area (Å²) in [7, 11) is 0. The molecule has 0 bridgehead atoms. The van der Waals surface area contributed by atoms with Gasteiger partial charge < -0.3 is 19.5 Å². The largest absolute Gasteiger partial charge is 0.544 e. The lowest BCUT2D eigenvalue weighted by atomic mass is 9.38. The highest BCUT2D eigenvalue weighted by atomic mass is 16.5. The number of hydrogen-bond acceptors (Lipinski definition) is 4. The van der Waals surface area contributed by atoms with Gasteiger partial charge in [0.2, 0.25) is 0 Å². The smallest absolute Gasteiger partial charge is 0.302 e. The van der Waals surface area contributed by atoms with E-state index in [2.05, 4.69) is 20.8 Å². The summed E-state index contributed by atoms with van der Waals surface area (Å²) in [6, 6.07) is 0. The Balaban J connectivity index is 1.55. The van der Waals surface area contributed by atoms with Crippen LogP contribution in [-0.4, -0.2) is 38.2 Å². The minimum atomic E-state index is -0.911. The zero-order valence-corrected chi connectivity index (χ0v) is 19.4. The van der Waals surface area contributed by atoms with E-state index in [0.717, 1.165) is 37.8 Å². The Bertz CT molecular complexity index is 695. The van der Waals surface area contributed by atoms with E-state index in [0.29, 0.717) is 29.3 Å². The number of likely N-dealkylation sites (tertiary alicyclic amines) is 1. The topological polar surface area (TPSA) is 70.9 Å². The van der Waals surface area contributed by atoms with E-state index in [1.165, 1.54) is 50.3 Å². The number of carbonyl (C=O) groups excluding carboxylic acids is 2. The van der Waals surface area contributed by atoms with Crippen molar-refractivity contribution in [2.75, 3.05) is 26.2 Å². The summed E-state index contributed by atoms with van der Waals surface area (Å²) < 4.78 is 5.57. The van der Waals surface area contributed by atoms with Gasteiger partial charge in [0.25, 0.3) is 0 Å². The molecule has 170 valence electrons. The standard InChI is InChI=1S/C25H41NO4/c1-17(27)30-16-23(2)10-5-11-25(4)20(23)8-12-24(3)19-9-13-26(15-22(28)29)14-18(19)6-7-21(24)25/h18-21H,5-16H2,1-4H3,(H,28,29). The summed E-state index contributed by atoms with van der Waals surface area (Å²) >= 11 is 0. The van der Waals surface area contributed by atoms with Gasteiger partial charge in [0.1, 0.15) is 6.54 Å². The molecule has 0 amide bonds. The fourth-order valence-electron chi connectivity index (χ4n) is 9.17. The molecule has 0 aromatic rings. The van der Waals surface area contributed by atoms with Crippen LogP contribution in [0.1, 0.15) is 79.1 Å². The third-order valence-corrected chi connectivity index (χ3v) is 10.3. The number of ether oxygens (including phenoxy) is 1. The van der Waals surface area contributed by atoms with Gasteiger partial charge in [0.05, 0.1) is 25.7 Å². The van der Waals surface area contributed by atoms with Crippen LogP contribution < -0.4 is 10.0 Å². The van der Waals surface area contributed by atoms with Crippen molar-refractivity contribution in [3.8, 4) is 0 Å². The first-order valence-electron chi connectivity index (χ1n) is 12.3. The maximum atomic E-state index is 11.5. The molecule has 5 heteroatoms. The van der Waals surface area contributed by atoms with Crippen LogP contribution in [-0.2, 0) is 14.3 Å². The number of carboxylic acids is 1. The molecule has 1 N–H and O–H groups in total. The van der Waals surface area contributed by atoms with Crippen LogP contribution in [0.15, 0.2) is 0 Å². The molecule has 0 spiro atoms. The Labute approximate surface area is 181 Å². The molecule has 1 saturated heterocycles. The maximum absolute atomic E-state index is 11.5. The normalized spacial score (nSPS) is 48.1. The predicted molar refractivity (Wildman–Crippen MR) is 112 cm³/mol. The van der Waals surface area contributed by atoms with Crippen LogP contribution in [0.5, 0.6) is 0 Å². The lowest BCUT2D eigenvalue weighted by Crippen LogP contribution is -3.15. The van der Waals surface area contributed by atoms with Crippen molar-refractivity contribution in [3.63, 3.8) is 0 Å². The van der Waals surface area contributed by atoms with E-state index >= 15 is 0 Å². The van der Waals surface area contributed by atoms with Crippen molar-refractivity contribution in [2.24, 2.45) is 39.9 Å². The predicted octanol–water partition coefficient (Wildman–Crippen LogP) is 1.84.